The van der Waals surface area contributed by atoms with E-state index in [9.17, 15) is 0 Å². The second-order valence-electron chi connectivity index (χ2n) is 3.79. The summed E-state index contributed by atoms with van der Waals surface area (Å²) in [7, 11) is 0. The molecule has 0 atom stereocenters. The first kappa shape index (κ1) is 13.2. The van der Waals surface area contributed by atoms with Crippen molar-refractivity contribution in [1.29, 1.82) is 0 Å². The van der Waals surface area contributed by atoms with Crippen molar-refractivity contribution in [3.05, 3.63) is 52.5 Å². The highest BCUT2D eigenvalue weighted by atomic mass is 79.9. The molecule has 0 bridgehead atoms. The van der Waals surface area contributed by atoms with Gasteiger partial charge in [0.15, 0.2) is 0 Å². The van der Waals surface area contributed by atoms with Crippen molar-refractivity contribution >= 4 is 21.5 Å². The molecule has 1 heteroatoms. The number of hydrogen-bond donors (Lipinski definition) is 0. The maximum atomic E-state index is 3.83. The maximum absolute atomic E-state index is 3.83. The number of allylic oxidation sites excluding steroid dienone is 3. The lowest BCUT2D eigenvalue weighted by Crippen LogP contribution is -1.93. The second-order valence-corrected chi connectivity index (χ2v) is 4.65. The third kappa shape index (κ3) is 3.08. The minimum Gasteiger partial charge on any atom is -0.0979 e. The summed E-state index contributed by atoms with van der Waals surface area (Å²) in [6.45, 7) is 8.23. The summed E-state index contributed by atoms with van der Waals surface area (Å²) in [5.74, 6) is 0. The first-order chi connectivity index (χ1) is 7.74. The highest BCUT2D eigenvalue weighted by Crippen LogP contribution is 2.29. The fraction of sp³-hybridized carbons (Fsp3) is 0.333. The van der Waals surface area contributed by atoms with Gasteiger partial charge in [0.1, 0.15) is 0 Å². The van der Waals surface area contributed by atoms with Crippen molar-refractivity contribution in [3.63, 3.8) is 0 Å². The van der Waals surface area contributed by atoms with Gasteiger partial charge in [-0.3, -0.25) is 0 Å². The monoisotopic (exact) mass is 278 g/mol. The minimum atomic E-state index is 1.02. The molecule has 0 heterocycles. The van der Waals surface area contributed by atoms with Crippen molar-refractivity contribution in [2.45, 2.75) is 33.1 Å². The standard InChI is InChI=1S/C15H19Br/c1-4-9-12-10-7-8-11-14(12)13(5-2)15(16)6-3/h6-8,10-11H,3-5,9H2,1-2H3/b15-13+. The summed E-state index contributed by atoms with van der Waals surface area (Å²) in [6.07, 6.45) is 5.21. The summed E-state index contributed by atoms with van der Waals surface area (Å²) in [5.41, 5.74) is 4.14. The SMILES string of the molecule is C=C/C(Br)=C(/CC)c1ccccc1CCC. The smallest absolute Gasteiger partial charge is 0.0207 e. The largest absolute Gasteiger partial charge is 0.0979 e. The first-order valence-corrected chi connectivity index (χ1v) is 6.63. The molecule has 0 aromatic heterocycles. The van der Waals surface area contributed by atoms with E-state index in [0.717, 1.165) is 17.3 Å². The topological polar surface area (TPSA) is 0 Å². The molecule has 0 unspecified atom stereocenters. The molecule has 16 heavy (non-hydrogen) atoms. The van der Waals surface area contributed by atoms with Crippen LogP contribution in [0.5, 0.6) is 0 Å². The van der Waals surface area contributed by atoms with Crippen LogP contribution >= 0.6 is 15.9 Å². The predicted octanol–water partition coefficient (Wildman–Crippen LogP) is 5.34. The molecule has 1 rings (SSSR count). The number of hydrogen-bond acceptors (Lipinski definition) is 0. The van der Waals surface area contributed by atoms with Crippen LogP contribution in [-0.2, 0) is 6.42 Å². The molecule has 0 N–H and O–H groups in total. The lowest BCUT2D eigenvalue weighted by atomic mass is 9.95. The van der Waals surface area contributed by atoms with Crippen LogP contribution in [0.25, 0.3) is 5.57 Å². The van der Waals surface area contributed by atoms with Crippen LogP contribution in [0.3, 0.4) is 0 Å². The van der Waals surface area contributed by atoms with Gasteiger partial charge in [-0.1, -0.05) is 73.1 Å². The molecule has 1 aromatic carbocycles. The van der Waals surface area contributed by atoms with Gasteiger partial charge in [0, 0.05) is 4.48 Å². The molecule has 0 saturated heterocycles. The van der Waals surface area contributed by atoms with Gasteiger partial charge in [-0.15, -0.1) is 0 Å². The Morgan fingerprint density at radius 2 is 2.00 bits per heavy atom. The molecule has 0 amide bonds. The van der Waals surface area contributed by atoms with E-state index in [-0.39, 0.29) is 0 Å². The Hall–Kier alpha value is -0.820. The fourth-order valence-corrected chi connectivity index (χ4v) is 2.41. The molecule has 0 aliphatic carbocycles. The van der Waals surface area contributed by atoms with Crippen LogP contribution in [0.2, 0.25) is 0 Å². The lowest BCUT2D eigenvalue weighted by molar-refractivity contribution is 0.917. The first-order valence-electron chi connectivity index (χ1n) is 5.83. The Kier molecular flexibility index (Phi) is 5.54. The summed E-state index contributed by atoms with van der Waals surface area (Å²) < 4.78 is 1.11. The van der Waals surface area contributed by atoms with Gasteiger partial charge in [-0.05, 0) is 29.5 Å². The van der Waals surface area contributed by atoms with Crippen molar-refractivity contribution in [1.82, 2.24) is 0 Å². The normalized spacial score (nSPS) is 12.2. The Bertz CT molecular complexity index is 388. The number of benzene rings is 1. The fourth-order valence-electron chi connectivity index (χ4n) is 1.91. The van der Waals surface area contributed by atoms with E-state index in [1.165, 1.54) is 23.1 Å². The highest BCUT2D eigenvalue weighted by molar-refractivity contribution is 9.12. The van der Waals surface area contributed by atoms with Gasteiger partial charge in [0.2, 0.25) is 0 Å². The molecule has 0 saturated carbocycles. The second kappa shape index (κ2) is 6.70. The van der Waals surface area contributed by atoms with E-state index in [2.05, 4.69) is 60.6 Å². The molecule has 0 radical (unpaired) electrons. The predicted molar refractivity (Wildman–Crippen MR) is 76.8 cm³/mol. The molecule has 0 aliphatic heterocycles. The quantitative estimate of drug-likeness (QED) is 0.638. The average Bonchev–Trinajstić information content (AvgIpc) is 2.32. The van der Waals surface area contributed by atoms with E-state index in [1.54, 1.807) is 0 Å². The summed E-state index contributed by atoms with van der Waals surface area (Å²) >= 11 is 3.59. The van der Waals surface area contributed by atoms with Gasteiger partial charge in [-0.25, -0.2) is 0 Å². The Morgan fingerprint density at radius 1 is 1.31 bits per heavy atom. The molecule has 0 aliphatic rings. The third-order valence-corrected chi connectivity index (χ3v) is 3.49. The Morgan fingerprint density at radius 3 is 2.56 bits per heavy atom. The average molecular weight is 279 g/mol. The van der Waals surface area contributed by atoms with Gasteiger partial charge < -0.3 is 0 Å². The zero-order valence-electron chi connectivity index (χ0n) is 10.1. The zero-order valence-corrected chi connectivity index (χ0v) is 11.7. The van der Waals surface area contributed by atoms with Crippen molar-refractivity contribution < 1.29 is 0 Å². The number of aryl methyl sites for hydroxylation is 1. The van der Waals surface area contributed by atoms with E-state index < -0.39 is 0 Å². The molecule has 0 spiro atoms. The maximum Gasteiger partial charge on any atom is 0.0207 e. The molecular weight excluding hydrogens is 260 g/mol. The van der Waals surface area contributed by atoms with Gasteiger partial charge in [0.25, 0.3) is 0 Å². The number of halogens is 1. The van der Waals surface area contributed by atoms with E-state index in [0.29, 0.717) is 0 Å². The Balaban J connectivity index is 3.24. The molecule has 86 valence electrons. The minimum absolute atomic E-state index is 1.02. The van der Waals surface area contributed by atoms with Crippen LogP contribution in [0.1, 0.15) is 37.8 Å². The molecule has 0 fully saturated rings. The molecular formula is C15H19Br. The summed E-state index contributed by atoms with van der Waals surface area (Å²) in [4.78, 5) is 0. The van der Waals surface area contributed by atoms with Crippen LogP contribution in [0.15, 0.2) is 41.4 Å². The third-order valence-electron chi connectivity index (χ3n) is 2.68. The lowest BCUT2D eigenvalue weighted by Gasteiger charge is -2.12. The van der Waals surface area contributed by atoms with Crippen molar-refractivity contribution in [3.8, 4) is 0 Å². The molecule has 0 nitrogen and oxygen atoms in total. The van der Waals surface area contributed by atoms with E-state index >= 15 is 0 Å². The van der Waals surface area contributed by atoms with E-state index in [4.69, 9.17) is 0 Å². The van der Waals surface area contributed by atoms with Crippen LogP contribution in [-0.4, -0.2) is 0 Å². The highest BCUT2D eigenvalue weighted by Gasteiger charge is 2.07. The Labute approximate surface area is 107 Å². The van der Waals surface area contributed by atoms with Crippen molar-refractivity contribution in [2.24, 2.45) is 0 Å². The van der Waals surface area contributed by atoms with Crippen molar-refractivity contribution in [2.75, 3.05) is 0 Å². The van der Waals surface area contributed by atoms with Crippen LogP contribution in [0.4, 0.5) is 0 Å². The zero-order chi connectivity index (χ0) is 12.0. The van der Waals surface area contributed by atoms with Gasteiger partial charge in [0.05, 0.1) is 0 Å². The molecule has 1 aromatic rings. The summed E-state index contributed by atoms with van der Waals surface area (Å²) in [5, 5.41) is 0. The van der Waals surface area contributed by atoms with Gasteiger partial charge >= 0.3 is 0 Å². The van der Waals surface area contributed by atoms with Crippen LogP contribution < -0.4 is 0 Å². The van der Waals surface area contributed by atoms with Gasteiger partial charge in [-0.2, -0.15) is 0 Å². The summed E-state index contributed by atoms with van der Waals surface area (Å²) in [6, 6.07) is 8.64. The van der Waals surface area contributed by atoms with Crippen LogP contribution in [0, 0.1) is 0 Å². The number of rotatable bonds is 5. The van der Waals surface area contributed by atoms with E-state index in [1.807, 2.05) is 6.08 Å².